The van der Waals surface area contributed by atoms with Crippen molar-refractivity contribution in [2.45, 2.75) is 0 Å². The number of benzene rings is 1. The van der Waals surface area contributed by atoms with Gasteiger partial charge in [0.05, 0.1) is 11.3 Å². The molecule has 9 heteroatoms. The van der Waals surface area contributed by atoms with Crippen LogP contribution in [-0.4, -0.2) is 37.9 Å². The Morgan fingerprint density at radius 1 is 1.28 bits per heavy atom. The first kappa shape index (κ1) is 14.3. The van der Waals surface area contributed by atoms with E-state index in [9.17, 15) is 22.0 Å². The van der Waals surface area contributed by atoms with E-state index in [-0.39, 0.29) is 0 Å². The number of rotatable bonds is 4. The lowest BCUT2D eigenvalue weighted by Gasteiger charge is -2.15. The number of halogens is 2. The van der Waals surface area contributed by atoms with Crippen LogP contribution in [0.3, 0.4) is 0 Å². The van der Waals surface area contributed by atoms with E-state index in [1.807, 2.05) is 4.72 Å². The van der Waals surface area contributed by atoms with Gasteiger partial charge in [-0.15, -0.1) is 0 Å². The molecule has 0 aliphatic rings. The van der Waals surface area contributed by atoms with Crippen molar-refractivity contribution in [1.82, 2.24) is 4.31 Å². The van der Waals surface area contributed by atoms with Crippen molar-refractivity contribution in [2.24, 2.45) is 0 Å². The Bertz CT molecular complexity index is 586. The molecule has 2 N–H and O–H groups in total. The largest absolute Gasteiger partial charge is 0.478 e. The lowest BCUT2D eigenvalue weighted by Crippen LogP contribution is -2.29. The summed E-state index contributed by atoms with van der Waals surface area (Å²) >= 11 is 0. The van der Waals surface area contributed by atoms with Crippen molar-refractivity contribution in [2.75, 3.05) is 18.8 Å². The van der Waals surface area contributed by atoms with E-state index in [4.69, 9.17) is 5.11 Å². The van der Waals surface area contributed by atoms with E-state index in [1.54, 1.807) is 0 Å². The van der Waals surface area contributed by atoms with E-state index in [2.05, 4.69) is 0 Å². The number of carbonyl (C=O) groups is 1. The van der Waals surface area contributed by atoms with E-state index in [0.29, 0.717) is 12.1 Å². The van der Waals surface area contributed by atoms with Crippen LogP contribution < -0.4 is 4.72 Å². The molecule has 0 bridgehead atoms. The van der Waals surface area contributed by atoms with Gasteiger partial charge in [-0.25, -0.2) is 13.6 Å². The van der Waals surface area contributed by atoms with E-state index >= 15 is 0 Å². The molecule has 100 valence electrons. The van der Waals surface area contributed by atoms with E-state index in [1.165, 1.54) is 14.1 Å². The van der Waals surface area contributed by atoms with Gasteiger partial charge in [0.25, 0.3) is 0 Å². The summed E-state index contributed by atoms with van der Waals surface area (Å²) in [7, 11) is -1.61. The lowest BCUT2D eigenvalue weighted by atomic mass is 10.2. The number of nitrogens with zero attached hydrogens (tertiary/aromatic N) is 1. The third-order valence-electron chi connectivity index (χ3n) is 2.01. The topological polar surface area (TPSA) is 86.7 Å². The van der Waals surface area contributed by atoms with Crippen LogP contribution in [0.15, 0.2) is 12.1 Å². The molecule has 0 amide bonds. The van der Waals surface area contributed by atoms with Gasteiger partial charge >= 0.3 is 16.2 Å². The standard InChI is InChI=1S/C9H10F2N2O4S/c1-13(2)18(16,17)12-8-4-7(11)6(10)3-5(8)9(14)15/h3-4,12H,1-2H3,(H,14,15). The maximum Gasteiger partial charge on any atom is 0.337 e. The van der Waals surface area contributed by atoms with Crippen LogP contribution in [0.4, 0.5) is 14.5 Å². The van der Waals surface area contributed by atoms with Crippen LogP contribution in [0, 0.1) is 11.6 Å². The van der Waals surface area contributed by atoms with Gasteiger partial charge < -0.3 is 5.11 Å². The summed E-state index contributed by atoms with van der Waals surface area (Å²) in [5.74, 6) is -4.30. The summed E-state index contributed by atoms with van der Waals surface area (Å²) in [6.07, 6.45) is 0. The molecule has 0 fully saturated rings. The number of hydrogen-bond acceptors (Lipinski definition) is 3. The number of aromatic carboxylic acids is 1. The minimum atomic E-state index is -4.01. The normalized spacial score (nSPS) is 11.6. The Morgan fingerprint density at radius 3 is 2.22 bits per heavy atom. The number of hydrogen-bond donors (Lipinski definition) is 2. The second-order valence-corrected chi connectivity index (χ2v) is 5.39. The van der Waals surface area contributed by atoms with Crippen LogP contribution >= 0.6 is 0 Å². The van der Waals surface area contributed by atoms with Gasteiger partial charge in [0.2, 0.25) is 0 Å². The van der Waals surface area contributed by atoms with Crippen molar-refractivity contribution in [3.05, 3.63) is 29.3 Å². The summed E-state index contributed by atoms with van der Waals surface area (Å²) in [5, 5.41) is 8.78. The van der Waals surface area contributed by atoms with Crippen molar-refractivity contribution in [3.63, 3.8) is 0 Å². The van der Waals surface area contributed by atoms with E-state index in [0.717, 1.165) is 4.31 Å². The smallest absolute Gasteiger partial charge is 0.337 e. The highest BCUT2D eigenvalue weighted by atomic mass is 32.2. The van der Waals surface area contributed by atoms with Gasteiger partial charge in [0.15, 0.2) is 11.6 Å². The summed E-state index contributed by atoms with van der Waals surface area (Å²) in [4.78, 5) is 10.8. The van der Waals surface area contributed by atoms with E-state index < -0.39 is 39.1 Å². The highest BCUT2D eigenvalue weighted by Crippen LogP contribution is 2.21. The molecule has 1 rings (SSSR count). The average molecular weight is 280 g/mol. The Morgan fingerprint density at radius 2 is 1.78 bits per heavy atom. The van der Waals surface area contributed by atoms with Crippen molar-refractivity contribution in [1.29, 1.82) is 0 Å². The molecule has 0 aliphatic heterocycles. The third kappa shape index (κ3) is 2.93. The first-order valence-electron chi connectivity index (χ1n) is 4.57. The van der Waals surface area contributed by atoms with Gasteiger partial charge in [0, 0.05) is 20.2 Å². The predicted octanol–water partition coefficient (Wildman–Crippen LogP) is 0.881. The highest BCUT2D eigenvalue weighted by Gasteiger charge is 2.20. The van der Waals surface area contributed by atoms with Crippen molar-refractivity contribution >= 4 is 21.9 Å². The first-order valence-corrected chi connectivity index (χ1v) is 6.01. The van der Waals surface area contributed by atoms with Crippen molar-refractivity contribution in [3.8, 4) is 0 Å². The van der Waals surface area contributed by atoms with Crippen LogP contribution in [0.25, 0.3) is 0 Å². The molecule has 1 aromatic carbocycles. The van der Waals surface area contributed by atoms with Crippen LogP contribution in [0.2, 0.25) is 0 Å². The molecule has 0 unspecified atom stereocenters. The summed E-state index contributed by atoms with van der Waals surface area (Å²) < 4.78 is 51.4. The summed E-state index contributed by atoms with van der Waals surface area (Å²) in [5.41, 5.74) is -1.23. The molecule has 0 spiro atoms. The highest BCUT2D eigenvalue weighted by molar-refractivity contribution is 7.90. The Kier molecular flexibility index (Phi) is 3.87. The van der Waals surface area contributed by atoms with Crippen molar-refractivity contribution < 1.29 is 27.1 Å². The second kappa shape index (κ2) is 4.86. The fourth-order valence-corrected chi connectivity index (χ4v) is 1.67. The van der Waals surface area contributed by atoms with Crippen LogP contribution in [0.1, 0.15) is 10.4 Å². The molecule has 0 saturated heterocycles. The molecule has 0 aliphatic carbocycles. The Labute approximate surface area is 102 Å². The molecule has 18 heavy (non-hydrogen) atoms. The van der Waals surface area contributed by atoms with Gasteiger partial charge in [0.1, 0.15) is 0 Å². The van der Waals surface area contributed by atoms with Gasteiger partial charge in [-0.3, -0.25) is 4.72 Å². The quantitative estimate of drug-likeness (QED) is 0.857. The SMILES string of the molecule is CN(C)S(=O)(=O)Nc1cc(F)c(F)cc1C(=O)O. The minimum Gasteiger partial charge on any atom is -0.478 e. The number of anilines is 1. The molecular weight excluding hydrogens is 270 g/mol. The summed E-state index contributed by atoms with van der Waals surface area (Å²) in [6, 6.07) is 0.880. The molecule has 0 atom stereocenters. The monoisotopic (exact) mass is 280 g/mol. The zero-order chi connectivity index (χ0) is 14.1. The lowest BCUT2D eigenvalue weighted by molar-refractivity contribution is 0.0697. The maximum atomic E-state index is 13.0. The third-order valence-corrected chi connectivity index (χ3v) is 3.45. The maximum absolute atomic E-state index is 13.0. The Balaban J connectivity index is 3.32. The molecule has 0 heterocycles. The molecule has 6 nitrogen and oxygen atoms in total. The fraction of sp³-hybridized carbons (Fsp3) is 0.222. The molecule has 0 aromatic heterocycles. The Hall–Kier alpha value is -1.74. The molecular formula is C9H10F2N2O4S. The average Bonchev–Trinajstić information content (AvgIpc) is 2.22. The fourth-order valence-electron chi connectivity index (χ4n) is 1.04. The predicted molar refractivity (Wildman–Crippen MR) is 59.5 cm³/mol. The number of carboxylic acid groups (broad SMARTS) is 1. The zero-order valence-corrected chi connectivity index (χ0v) is 10.3. The van der Waals surface area contributed by atoms with Gasteiger partial charge in [-0.1, -0.05) is 0 Å². The van der Waals surface area contributed by atoms with Gasteiger partial charge in [-0.05, 0) is 6.07 Å². The van der Waals surface area contributed by atoms with Crippen LogP contribution in [0.5, 0.6) is 0 Å². The minimum absolute atomic E-state index is 0.408. The molecule has 0 saturated carbocycles. The molecule has 0 radical (unpaired) electrons. The number of nitrogens with one attached hydrogen (secondary N) is 1. The molecule has 1 aromatic rings. The first-order chi connectivity index (χ1) is 8.15. The van der Waals surface area contributed by atoms with Gasteiger partial charge in [-0.2, -0.15) is 12.7 Å². The summed E-state index contributed by atoms with van der Waals surface area (Å²) in [6.45, 7) is 0. The van der Waals surface area contributed by atoms with Crippen LogP contribution in [-0.2, 0) is 10.2 Å². The number of carboxylic acids is 1. The zero-order valence-electron chi connectivity index (χ0n) is 9.44. The second-order valence-electron chi connectivity index (χ2n) is 3.51.